The molecule has 0 aliphatic rings. The van der Waals surface area contributed by atoms with E-state index in [1.54, 1.807) is 18.6 Å². The van der Waals surface area contributed by atoms with Crippen LogP contribution in [0.4, 0.5) is 5.82 Å². The Balaban J connectivity index is 1.92. The summed E-state index contributed by atoms with van der Waals surface area (Å²) in [6.45, 7) is 5.71. The Bertz CT molecular complexity index is 1340. The van der Waals surface area contributed by atoms with Gasteiger partial charge in [-0.05, 0) is 58.8 Å². The summed E-state index contributed by atoms with van der Waals surface area (Å²) in [6, 6.07) is 12.3. The molecule has 0 spiro atoms. The fourth-order valence-corrected chi connectivity index (χ4v) is 5.45. The van der Waals surface area contributed by atoms with Crippen molar-refractivity contribution in [3.05, 3.63) is 63.6 Å². The van der Waals surface area contributed by atoms with Gasteiger partial charge in [0.2, 0.25) is 5.91 Å². The smallest absolute Gasteiger partial charge is 0.228 e. The number of aromatic nitrogens is 3. The molecule has 0 saturated heterocycles. The molecule has 4 aromatic rings. The predicted molar refractivity (Wildman–Crippen MR) is 136 cm³/mol. The van der Waals surface area contributed by atoms with Gasteiger partial charge >= 0.3 is 0 Å². The van der Waals surface area contributed by atoms with Gasteiger partial charge in [0.1, 0.15) is 17.7 Å². The third kappa shape index (κ3) is 4.31. The predicted octanol–water partition coefficient (Wildman–Crippen LogP) is 6.25. The van der Waals surface area contributed by atoms with E-state index >= 15 is 0 Å². The number of hydrogen-bond donors (Lipinski definition) is 2. The molecule has 3 aromatic heterocycles. The molecule has 0 unspecified atom stereocenters. The molecule has 8 heteroatoms. The highest BCUT2D eigenvalue weighted by Gasteiger charge is 2.24. The van der Waals surface area contributed by atoms with Crippen LogP contribution in [0, 0.1) is 27.7 Å². The van der Waals surface area contributed by atoms with Crippen molar-refractivity contribution >= 4 is 45.7 Å². The number of nitriles is 1. The van der Waals surface area contributed by atoms with Crippen LogP contribution in [-0.2, 0) is 4.79 Å². The highest BCUT2D eigenvalue weighted by molar-refractivity contribution is 14.1. The lowest BCUT2D eigenvalue weighted by atomic mass is 9.98. The van der Waals surface area contributed by atoms with Crippen molar-refractivity contribution in [3.8, 4) is 38.3 Å². The molecule has 0 atom stereocenters. The topological polar surface area (TPSA) is 94.5 Å². The normalized spacial score (nSPS) is 10.9. The lowest BCUT2D eigenvalue weighted by Gasteiger charge is -2.09. The van der Waals surface area contributed by atoms with Crippen LogP contribution in [0.15, 0.2) is 48.9 Å². The zero-order chi connectivity index (χ0) is 22.8. The summed E-state index contributed by atoms with van der Waals surface area (Å²) in [5, 5.41) is 13.0. The first-order valence-electron chi connectivity index (χ1n) is 9.99. The van der Waals surface area contributed by atoms with Crippen LogP contribution in [-0.4, -0.2) is 20.9 Å². The van der Waals surface area contributed by atoms with E-state index in [2.05, 4.69) is 61.1 Å². The molecule has 1 amide bonds. The molecule has 0 fully saturated rings. The van der Waals surface area contributed by atoms with E-state index in [4.69, 9.17) is 0 Å². The van der Waals surface area contributed by atoms with Crippen LogP contribution in [0.1, 0.15) is 25.0 Å². The average molecular weight is 553 g/mol. The van der Waals surface area contributed by atoms with E-state index in [1.165, 1.54) is 11.3 Å². The summed E-state index contributed by atoms with van der Waals surface area (Å²) >= 11 is 3.82. The molecule has 0 saturated carbocycles. The molecular formula is C24H20IN5OS. The number of aromatic amines is 1. The lowest BCUT2D eigenvalue weighted by molar-refractivity contribution is -0.118. The summed E-state index contributed by atoms with van der Waals surface area (Å²) in [7, 11) is 0. The molecule has 1 aromatic carbocycles. The third-order valence-corrected chi connectivity index (χ3v) is 7.06. The van der Waals surface area contributed by atoms with Crippen molar-refractivity contribution < 1.29 is 4.79 Å². The number of imidazole rings is 1. The lowest BCUT2D eigenvalue weighted by Crippen LogP contribution is -2.18. The van der Waals surface area contributed by atoms with Gasteiger partial charge in [-0.25, -0.2) is 9.97 Å². The van der Waals surface area contributed by atoms with Gasteiger partial charge in [-0.2, -0.15) is 5.26 Å². The molecular weight excluding hydrogens is 533 g/mol. The van der Waals surface area contributed by atoms with Crippen LogP contribution < -0.4 is 5.32 Å². The van der Waals surface area contributed by atoms with Crippen molar-refractivity contribution in [2.45, 2.75) is 20.8 Å². The number of pyridine rings is 1. The van der Waals surface area contributed by atoms with Crippen molar-refractivity contribution in [2.24, 2.45) is 5.92 Å². The minimum atomic E-state index is -0.155. The molecule has 0 aliphatic carbocycles. The minimum Gasteiger partial charge on any atom is -0.344 e. The van der Waals surface area contributed by atoms with Crippen molar-refractivity contribution in [2.75, 3.05) is 5.32 Å². The van der Waals surface area contributed by atoms with Crippen LogP contribution in [0.3, 0.4) is 0 Å². The minimum absolute atomic E-state index is 0.104. The number of carbonyl (C=O) groups excluding carboxylic acids is 1. The summed E-state index contributed by atoms with van der Waals surface area (Å²) in [5.74, 6) is 0.918. The molecule has 0 bridgehead atoms. The van der Waals surface area contributed by atoms with Gasteiger partial charge in [-0.1, -0.05) is 31.5 Å². The number of rotatable bonds is 5. The number of H-pyrrole nitrogens is 1. The molecule has 160 valence electrons. The van der Waals surface area contributed by atoms with E-state index in [0.29, 0.717) is 17.2 Å². The maximum atomic E-state index is 12.1. The largest absolute Gasteiger partial charge is 0.344 e. The van der Waals surface area contributed by atoms with Crippen molar-refractivity contribution in [1.82, 2.24) is 15.0 Å². The summed E-state index contributed by atoms with van der Waals surface area (Å²) < 4.78 is 1.07. The fraction of sp³-hybridized carbons (Fsp3) is 0.167. The van der Waals surface area contributed by atoms with E-state index in [-0.39, 0.29) is 11.8 Å². The number of thiophene rings is 1. The van der Waals surface area contributed by atoms with Crippen LogP contribution >= 0.6 is 33.9 Å². The monoisotopic (exact) mass is 553 g/mol. The maximum Gasteiger partial charge on any atom is 0.228 e. The van der Waals surface area contributed by atoms with Gasteiger partial charge in [0.15, 0.2) is 0 Å². The summed E-state index contributed by atoms with van der Waals surface area (Å²) in [4.78, 5) is 25.7. The number of amides is 1. The zero-order valence-corrected chi connectivity index (χ0v) is 20.7. The summed E-state index contributed by atoms with van der Waals surface area (Å²) in [6.07, 6.45) is 5.13. The Morgan fingerprint density at radius 1 is 1.19 bits per heavy atom. The Kier molecular flexibility index (Phi) is 6.39. The summed E-state index contributed by atoms with van der Waals surface area (Å²) in [5.41, 5.74) is 4.41. The average Bonchev–Trinajstić information content (AvgIpc) is 3.41. The van der Waals surface area contributed by atoms with E-state index in [0.717, 1.165) is 35.6 Å². The Hall–Kier alpha value is -3.03. The van der Waals surface area contributed by atoms with Gasteiger partial charge in [-0.15, -0.1) is 11.3 Å². The van der Waals surface area contributed by atoms with Crippen LogP contribution in [0.25, 0.3) is 32.3 Å². The quantitative estimate of drug-likeness (QED) is 0.286. The second kappa shape index (κ2) is 9.22. The number of nitrogens with zero attached hydrogens (tertiary/aromatic N) is 3. The fourth-order valence-electron chi connectivity index (χ4n) is 3.29. The number of halogens is 1. The zero-order valence-electron chi connectivity index (χ0n) is 17.7. The van der Waals surface area contributed by atoms with Crippen molar-refractivity contribution in [3.63, 3.8) is 0 Å². The second-order valence-corrected chi connectivity index (χ2v) is 9.80. The number of carbonyl (C=O) groups is 1. The van der Waals surface area contributed by atoms with Crippen LogP contribution in [0.5, 0.6) is 0 Å². The van der Waals surface area contributed by atoms with Gasteiger partial charge in [0.05, 0.1) is 15.3 Å². The standard InChI is InChI=1S/C24H20IN5OS/c1-13(2)24(31)30-19-11-15(6-7-27-19)21-17(12-26)20(16-5-4-14(3)10-18(16)25)22(32-21)23-28-8-9-29-23/h4-11,13H,1-3H3,(H,28,29)(H,27,30,31). The van der Waals surface area contributed by atoms with E-state index < -0.39 is 0 Å². The number of nitrogens with one attached hydrogen (secondary N) is 2. The van der Waals surface area contributed by atoms with Gasteiger partial charge in [0.25, 0.3) is 0 Å². The van der Waals surface area contributed by atoms with E-state index in [9.17, 15) is 10.1 Å². The second-order valence-electron chi connectivity index (χ2n) is 7.62. The highest BCUT2D eigenvalue weighted by atomic mass is 127. The molecule has 2 N–H and O–H groups in total. The molecule has 6 nitrogen and oxygen atoms in total. The van der Waals surface area contributed by atoms with Gasteiger partial charge in [-0.3, -0.25) is 4.79 Å². The van der Waals surface area contributed by atoms with Crippen LogP contribution in [0.2, 0.25) is 0 Å². The van der Waals surface area contributed by atoms with Crippen molar-refractivity contribution in [1.29, 1.82) is 5.26 Å². The molecule has 0 aliphatic heterocycles. The first-order chi connectivity index (χ1) is 15.4. The van der Waals surface area contributed by atoms with E-state index in [1.807, 2.05) is 39.0 Å². The Labute approximate surface area is 203 Å². The Morgan fingerprint density at radius 2 is 2.00 bits per heavy atom. The Morgan fingerprint density at radius 3 is 2.66 bits per heavy atom. The number of aryl methyl sites for hydroxylation is 1. The maximum absolute atomic E-state index is 12.1. The number of benzene rings is 1. The highest BCUT2D eigenvalue weighted by Crippen LogP contribution is 2.47. The third-order valence-electron chi connectivity index (χ3n) is 4.93. The first kappa shape index (κ1) is 22.2. The molecule has 4 rings (SSSR count). The first-order valence-corrected chi connectivity index (χ1v) is 11.9. The number of anilines is 1. The van der Waals surface area contributed by atoms with Gasteiger partial charge < -0.3 is 10.3 Å². The van der Waals surface area contributed by atoms with Gasteiger partial charge in [0, 0.05) is 33.6 Å². The molecule has 32 heavy (non-hydrogen) atoms. The SMILES string of the molecule is Cc1ccc(-c2c(-c3ncc[nH]3)sc(-c3ccnc(NC(=O)C(C)C)c3)c2C#N)c(I)c1. The number of hydrogen-bond acceptors (Lipinski definition) is 5. The molecule has 3 heterocycles. The molecule has 0 radical (unpaired) electrons.